The van der Waals surface area contributed by atoms with Crippen molar-refractivity contribution in [1.29, 1.82) is 0 Å². The molecule has 0 spiro atoms. The topological polar surface area (TPSA) is 66.3 Å². The maximum Gasteiger partial charge on any atom is 0.303 e. The Morgan fingerprint density at radius 1 is 1.59 bits per heavy atom. The number of hydrogen-bond donors (Lipinski definition) is 1. The highest BCUT2D eigenvalue weighted by molar-refractivity contribution is 5.66. The van der Waals surface area contributed by atoms with E-state index in [2.05, 4.69) is 14.9 Å². The molecular formula is C12H17N3O2. The average molecular weight is 235 g/mol. The predicted molar refractivity (Wildman–Crippen MR) is 62.3 cm³/mol. The second kappa shape index (κ2) is 5.72. The van der Waals surface area contributed by atoms with Crippen molar-refractivity contribution < 1.29 is 9.90 Å². The van der Waals surface area contributed by atoms with E-state index < -0.39 is 5.97 Å². The summed E-state index contributed by atoms with van der Waals surface area (Å²) in [7, 11) is 0. The largest absolute Gasteiger partial charge is 0.481 e. The zero-order valence-electron chi connectivity index (χ0n) is 9.75. The molecule has 5 heteroatoms. The number of carboxylic acids is 1. The lowest BCUT2D eigenvalue weighted by Gasteiger charge is -2.14. The lowest BCUT2D eigenvalue weighted by atomic mass is 10.0. The molecule has 0 aliphatic carbocycles. The first-order valence-corrected chi connectivity index (χ1v) is 5.93. The van der Waals surface area contributed by atoms with Crippen molar-refractivity contribution in [2.75, 3.05) is 13.1 Å². The van der Waals surface area contributed by atoms with Crippen LogP contribution in [-0.2, 0) is 11.3 Å². The number of aromatic nitrogens is 2. The van der Waals surface area contributed by atoms with Crippen LogP contribution in [0.4, 0.5) is 0 Å². The molecule has 0 amide bonds. The highest BCUT2D eigenvalue weighted by Crippen LogP contribution is 2.22. The van der Waals surface area contributed by atoms with Crippen LogP contribution in [0.3, 0.4) is 0 Å². The highest BCUT2D eigenvalue weighted by atomic mass is 16.4. The van der Waals surface area contributed by atoms with Gasteiger partial charge in [-0.05, 0) is 31.4 Å². The van der Waals surface area contributed by atoms with E-state index in [0.29, 0.717) is 5.92 Å². The Morgan fingerprint density at radius 2 is 2.47 bits per heavy atom. The first-order valence-electron chi connectivity index (χ1n) is 5.93. The number of carboxylic acid groups (broad SMARTS) is 1. The zero-order valence-corrected chi connectivity index (χ0v) is 9.75. The van der Waals surface area contributed by atoms with Crippen LogP contribution in [0.5, 0.6) is 0 Å². The Kier molecular flexibility index (Phi) is 4.03. The Morgan fingerprint density at radius 3 is 3.18 bits per heavy atom. The smallest absolute Gasteiger partial charge is 0.303 e. The van der Waals surface area contributed by atoms with Gasteiger partial charge in [0.1, 0.15) is 6.33 Å². The van der Waals surface area contributed by atoms with E-state index in [1.807, 2.05) is 6.07 Å². The van der Waals surface area contributed by atoms with E-state index in [1.54, 1.807) is 12.5 Å². The van der Waals surface area contributed by atoms with Crippen LogP contribution >= 0.6 is 0 Å². The fraction of sp³-hybridized carbons (Fsp3) is 0.583. The lowest BCUT2D eigenvalue weighted by molar-refractivity contribution is -0.137. The molecule has 1 aliphatic rings. The van der Waals surface area contributed by atoms with Gasteiger partial charge in [0, 0.05) is 25.7 Å². The first-order chi connectivity index (χ1) is 8.24. The molecule has 2 heterocycles. The van der Waals surface area contributed by atoms with Crippen LogP contribution in [-0.4, -0.2) is 39.0 Å². The summed E-state index contributed by atoms with van der Waals surface area (Å²) < 4.78 is 0. The molecule has 0 aromatic carbocycles. The molecule has 1 atom stereocenters. The fourth-order valence-corrected chi connectivity index (χ4v) is 2.26. The molecule has 1 fully saturated rings. The zero-order chi connectivity index (χ0) is 12.1. The maximum absolute atomic E-state index is 10.5. The molecule has 5 nitrogen and oxygen atoms in total. The van der Waals surface area contributed by atoms with E-state index in [0.717, 1.165) is 38.2 Å². The van der Waals surface area contributed by atoms with Crippen molar-refractivity contribution in [2.45, 2.75) is 25.8 Å². The van der Waals surface area contributed by atoms with Crippen LogP contribution in [0.1, 0.15) is 25.0 Å². The molecule has 17 heavy (non-hydrogen) atoms. The number of nitrogens with zero attached hydrogens (tertiary/aromatic N) is 3. The minimum atomic E-state index is -0.695. The third-order valence-corrected chi connectivity index (χ3v) is 3.17. The molecule has 1 aromatic rings. The standard InChI is InChI=1S/C12H17N3O2/c16-12(17)2-1-10-4-6-15(7-10)8-11-3-5-13-9-14-11/h3,5,9-10H,1-2,4,6-8H2,(H,16,17). The van der Waals surface area contributed by atoms with Gasteiger partial charge in [0.2, 0.25) is 0 Å². The number of likely N-dealkylation sites (tertiary alicyclic amines) is 1. The molecule has 0 saturated carbocycles. The SMILES string of the molecule is O=C(O)CCC1CCN(Cc2ccncn2)C1. The summed E-state index contributed by atoms with van der Waals surface area (Å²) in [6, 6.07) is 1.92. The Bertz CT molecular complexity index is 369. The van der Waals surface area contributed by atoms with E-state index in [9.17, 15) is 4.79 Å². The third kappa shape index (κ3) is 3.78. The van der Waals surface area contributed by atoms with Gasteiger partial charge in [-0.2, -0.15) is 0 Å². The minimum Gasteiger partial charge on any atom is -0.481 e. The number of carbonyl (C=O) groups is 1. The molecular weight excluding hydrogens is 218 g/mol. The van der Waals surface area contributed by atoms with Gasteiger partial charge in [0.15, 0.2) is 0 Å². The van der Waals surface area contributed by atoms with Crippen molar-refractivity contribution in [3.05, 3.63) is 24.3 Å². The maximum atomic E-state index is 10.5. The second-order valence-electron chi connectivity index (χ2n) is 4.52. The summed E-state index contributed by atoms with van der Waals surface area (Å²) in [5.74, 6) is -0.174. The molecule has 1 saturated heterocycles. The summed E-state index contributed by atoms with van der Waals surface area (Å²) in [5, 5.41) is 8.64. The molecule has 1 aliphatic heterocycles. The highest BCUT2D eigenvalue weighted by Gasteiger charge is 2.22. The first kappa shape index (κ1) is 12.0. The summed E-state index contributed by atoms with van der Waals surface area (Å²) in [4.78, 5) is 20.9. The van der Waals surface area contributed by atoms with E-state index in [4.69, 9.17) is 5.11 Å². The Labute approximate surface area is 100 Å². The van der Waals surface area contributed by atoms with Gasteiger partial charge in [-0.15, -0.1) is 0 Å². The number of aliphatic carboxylic acids is 1. The van der Waals surface area contributed by atoms with Gasteiger partial charge in [-0.25, -0.2) is 9.97 Å². The Balaban J connectivity index is 1.76. The van der Waals surface area contributed by atoms with Crippen LogP contribution in [0, 0.1) is 5.92 Å². The van der Waals surface area contributed by atoms with Gasteiger partial charge in [0.05, 0.1) is 5.69 Å². The van der Waals surface area contributed by atoms with E-state index in [-0.39, 0.29) is 6.42 Å². The molecule has 2 rings (SSSR count). The van der Waals surface area contributed by atoms with Gasteiger partial charge < -0.3 is 5.11 Å². The third-order valence-electron chi connectivity index (χ3n) is 3.17. The van der Waals surface area contributed by atoms with Crippen LogP contribution < -0.4 is 0 Å². The summed E-state index contributed by atoms with van der Waals surface area (Å²) in [6.07, 6.45) is 5.48. The summed E-state index contributed by atoms with van der Waals surface area (Å²) in [5.41, 5.74) is 1.03. The predicted octanol–water partition coefficient (Wildman–Crippen LogP) is 1.16. The lowest BCUT2D eigenvalue weighted by Crippen LogP contribution is -2.21. The van der Waals surface area contributed by atoms with Crippen molar-refractivity contribution in [3.63, 3.8) is 0 Å². The molecule has 0 bridgehead atoms. The Hall–Kier alpha value is -1.49. The number of rotatable bonds is 5. The summed E-state index contributed by atoms with van der Waals surface area (Å²) >= 11 is 0. The normalized spacial score (nSPS) is 20.6. The van der Waals surface area contributed by atoms with Crippen LogP contribution in [0.2, 0.25) is 0 Å². The minimum absolute atomic E-state index is 0.284. The summed E-state index contributed by atoms with van der Waals surface area (Å²) in [6.45, 7) is 2.86. The quantitative estimate of drug-likeness (QED) is 0.829. The van der Waals surface area contributed by atoms with Crippen LogP contribution in [0.15, 0.2) is 18.6 Å². The van der Waals surface area contributed by atoms with Crippen molar-refractivity contribution >= 4 is 5.97 Å². The second-order valence-corrected chi connectivity index (χ2v) is 4.52. The van der Waals surface area contributed by atoms with Gasteiger partial charge in [-0.3, -0.25) is 9.69 Å². The molecule has 1 N–H and O–H groups in total. The number of hydrogen-bond acceptors (Lipinski definition) is 4. The molecule has 92 valence electrons. The average Bonchev–Trinajstić information content (AvgIpc) is 2.75. The van der Waals surface area contributed by atoms with E-state index >= 15 is 0 Å². The fourth-order valence-electron chi connectivity index (χ4n) is 2.26. The van der Waals surface area contributed by atoms with Crippen molar-refractivity contribution in [3.8, 4) is 0 Å². The monoisotopic (exact) mass is 235 g/mol. The van der Waals surface area contributed by atoms with Gasteiger partial charge in [0.25, 0.3) is 0 Å². The van der Waals surface area contributed by atoms with Gasteiger partial charge in [-0.1, -0.05) is 0 Å². The van der Waals surface area contributed by atoms with Crippen molar-refractivity contribution in [1.82, 2.24) is 14.9 Å². The molecule has 0 radical (unpaired) electrons. The molecule has 1 aromatic heterocycles. The van der Waals surface area contributed by atoms with E-state index in [1.165, 1.54) is 0 Å². The van der Waals surface area contributed by atoms with Crippen molar-refractivity contribution in [2.24, 2.45) is 5.92 Å². The van der Waals surface area contributed by atoms with Crippen LogP contribution in [0.25, 0.3) is 0 Å². The molecule has 1 unspecified atom stereocenters. The van der Waals surface area contributed by atoms with Gasteiger partial charge >= 0.3 is 5.97 Å².